The molecule has 2 N–H and O–H groups in total. The van der Waals surface area contributed by atoms with Crippen LogP contribution in [0.25, 0.3) is 0 Å². The van der Waals surface area contributed by atoms with E-state index in [1.807, 2.05) is 30.3 Å². The minimum atomic E-state index is -1.04. The first-order valence-corrected chi connectivity index (χ1v) is 6.88. The number of carbonyl (C=O) groups excluding carboxylic acids is 1. The molecule has 0 aliphatic heterocycles. The third kappa shape index (κ3) is 4.34. The Balaban J connectivity index is 1.91. The van der Waals surface area contributed by atoms with Gasteiger partial charge in [0.2, 0.25) is 0 Å². The zero-order chi connectivity index (χ0) is 15.9. The maximum Gasteiger partial charge on any atom is 0.335 e. The van der Waals surface area contributed by atoms with E-state index in [-0.39, 0.29) is 11.5 Å². The standard InChI is InChI=1S/C17H17NO4/c1-12(16(19)18-11-13-6-3-2-4-7-13)22-15-9-5-8-14(10-15)17(20)21/h2-10,12H,11H2,1H3,(H,18,19)(H,20,21)/t12-/m0/s1. The minimum absolute atomic E-state index is 0.120. The van der Waals surface area contributed by atoms with E-state index >= 15 is 0 Å². The van der Waals surface area contributed by atoms with E-state index in [4.69, 9.17) is 9.84 Å². The number of amides is 1. The largest absolute Gasteiger partial charge is 0.481 e. The van der Waals surface area contributed by atoms with Gasteiger partial charge in [0.25, 0.3) is 5.91 Å². The summed E-state index contributed by atoms with van der Waals surface area (Å²) in [6.45, 7) is 2.04. The maximum absolute atomic E-state index is 12.0. The molecule has 0 aliphatic rings. The Labute approximate surface area is 128 Å². The molecule has 0 aromatic heterocycles. The number of nitrogens with one attached hydrogen (secondary N) is 1. The Morgan fingerprint density at radius 3 is 2.55 bits per heavy atom. The van der Waals surface area contributed by atoms with Crippen molar-refractivity contribution >= 4 is 11.9 Å². The van der Waals surface area contributed by atoms with Crippen LogP contribution in [0.4, 0.5) is 0 Å². The number of benzene rings is 2. The van der Waals surface area contributed by atoms with Gasteiger partial charge >= 0.3 is 5.97 Å². The Hall–Kier alpha value is -2.82. The fourth-order valence-corrected chi connectivity index (χ4v) is 1.89. The first kappa shape index (κ1) is 15.6. The third-order valence-electron chi connectivity index (χ3n) is 3.07. The number of ether oxygens (including phenoxy) is 1. The van der Waals surface area contributed by atoms with E-state index in [9.17, 15) is 9.59 Å². The van der Waals surface area contributed by atoms with Crippen LogP contribution in [0.3, 0.4) is 0 Å². The van der Waals surface area contributed by atoms with Gasteiger partial charge < -0.3 is 15.2 Å². The minimum Gasteiger partial charge on any atom is -0.481 e. The molecule has 1 atom stereocenters. The summed E-state index contributed by atoms with van der Waals surface area (Å²) in [6.07, 6.45) is -0.715. The summed E-state index contributed by atoms with van der Waals surface area (Å²) in [5.41, 5.74) is 1.12. The van der Waals surface area contributed by atoms with E-state index in [0.717, 1.165) is 5.56 Å². The molecule has 1 amide bonds. The van der Waals surface area contributed by atoms with Gasteiger partial charge in [-0.25, -0.2) is 4.79 Å². The Morgan fingerprint density at radius 2 is 1.86 bits per heavy atom. The van der Waals surface area contributed by atoms with E-state index in [1.54, 1.807) is 19.1 Å². The highest BCUT2D eigenvalue weighted by molar-refractivity contribution is 5.88. The van der Waals surface area contributed by atoms with Crippen molar-refractivity contribution in [1.82, 2.24) is 5.32 Å². The summed E-state index contributed by atoms with van der Waals surface area (Å²) in [7, 11) is 0. The molecule has 0 spiro atoms. The fourth-order valence-electron chi connectivity index (χ4n) is 1.89. The highest BCUT2D eigenvalue weighted by Crippen LogP contribution is 2.15. The number of aromatic carboxylic acids is 1. The molecule has 114 valence electrons. The van der Waals surface area contributed by atoms with Crippen molar-refractivity contribution in [1.29, 1.82) is 0 Å². The van der Waals surface area contributed by atoms with E-state index < -0.39 is 12.1 Å². The molecule has 2 aromatic carbocycles. The van der Waals surface area contributed by atoms with E-state index in [1.165, 1.54) is 12.1 Å². The van der Waals surface area contributed by atoms with Crippen molar-refractivity contribution in [3.8, 4) is 5.75 Å². The molecule has 0 unspecified atom stereocenters. The number of hydrogen-bond acceptors (Lipinski definition) is 3. The number of carbonyl (C=O) groups is 2. The van der Waals surface area contributed by atoms with Gasteiger partial charge in [-0.15, -0.1) is 0 Å². The molecule has 0 saturated heterocycles. The second-order valence-electron chi connectivity index (χ2n) is 4.80. The number of carboxylic acids is 1. The fraction of sp³-hybridized carbons (Fsp3) is 0.176. The van der Waals surface area contributed by atoms with Gasteiger partial charge in [0.15, 0.2) is 6.10 Å². The Morgan fingerprint density at radius 1 is 1.14 bits per heavy atom. The Kier molecular flexibility index (Phi) is 5.14. The van der Waals surface area contributed by atoms with Crippen LogP contribution in [0.2, 0.25) is 0 Å². The van der Waals surface area contributed by atoms with Crippen molar-refractivity contribution in [2.24, 2.45) is 0 Å². The first-order chi connectivity index (χ1) is 10.6. The predicted molar refractivity (Wildman–Crippen MR) is 81.8 cm³/mol. The number of rotatable bonds is 6. The van der Waals surface area contributed by atoms with Crippen LogP contribution in [0.15, 0.2) is 54.6 Å². The summed E-state index contributed by atoms with van der Waals surface area (Å²) in [5.74, 6) is -0.946. The molecular formula is C17H17NO4. The van der Waals surface area contributed by atoms with Gasteiger partial charge in [0.05, 0.1) is 5.56 Å². The first-order valence-electron chi connectivity index (χ1n) is 6.88. The smallest absolute Gasteiger partial charge is 0.335 e. The van der Waals surface area contributed by atoms with Crippen LogP contribution in [0, 0.1) is 0 Å². The summed E-state index contributed by atoms with van der Waals surface area (Å²) >= 11 is 0. The summed E-state index contributed by atoms with van der Waals surface area (Å²) in [6, 6.07) is 15.6. The van der Waals surface area contributed by atoms with Crippen molar-refractivity contribution < 1.29 is 19.4 Å². The van der Waals surface area contributed by atoms with Crippen molar-refractivity contribution in [3.05, 3.63) is 65.7 Å². The molecule has 0 heterocycles. The quantitative estimate of drug-likeness (QED) is 0.859. The lowest BCUT2D eigenvalue weighted by molar-refractivity contribution is -0.127. The average molecular weight is 299 g/mol. The zero-order valence-corrected chi connectivity index (χ0v) is 12.2. The van der Waals surface area contributed by atoms with Crippen LogP contribution in [-0.2, 0) is 11.3 Å². The molecule has 5 heteroatoms. The SMILES string of the molecule is C[C@H](Oc1cccc(C(=O)O)c1)C(=O)NCc1ccccc1. The molecule has 0 saturated carbocycles. The highest BCUT2D eigenvalue weighted by atomic mass is 16.5. The topological polar surface area (TPSA) is 75.6 Å². The van der Waals surface area contributed by atoms with Gasteiger partial charge in [-0.3, -0.25) is 4.79 Å². The Bertz CT molecular complexity index is 655. The van der Waals surface area contributed by atoms with E-state index in [2.05, 4.69) is 5.32 Å². The molecule has 2 rings (SSSR count). The van der Waals surface area contributed by atoms with Crippen LogP contribution in [0.5, 0.6) is 5.75 Å². The average Bonchev–Trinajstić information content (AvgIpc) is 2.53. The van der Waals surface area contributed by atoms with Crippen LogP contribution >= 0.6 is 0 Å². The molecule has 0 radical (unpaired) electrons. The van der Waals surface area contributed by atoms with Gasteiger partial charge in [-0.05, 0) is 30.7 Å². The number of carboxylic acid groups (broad SMARTS) is 1. The van der Waals surface area contributed by atoms with E-state index in [0.29, 0.717) is 12.3 Å². The molecule has 0 aliphatic carbocycles. The molecule has 0 fully saturated rings. The lowest BCUT2D eigenvalue weighted by Gasteiger charge is -2.15. The molecule has 22 heavy (non-hydrogen) atoms. The molecular weight excluding hydrogens is 282 g/mol. The van der Waals surface area contributed by atoms with Crippen molar-refractivity contribution in [2.75, 3.05) is 0 Å². The second kappa shape index (κ2) is 7.26. The predicted octanol–water partition coefficient (Wildman–Crippen LogP) is 2.47. The summed E-state index contributed by atoms with van der Waals surface area (Å²) in [5, 5.41) is 11.7. The van der Waals surface area contributed by atoms with Gasteiger partial charge in [-0.1, -0.05) is 36.4 Å². The second-order valence-corrected chi connectivity index (χ2v) is 4.80. The molecule has 5 nitrogen and oxygen atoms in total. The molecule has 2 aromatic rings. The summed E-state index contributed by atoms with van der Waals surface area (Å²) < 4.78 is 5.48. The van der Waals surface area contributed by atoms with Crippen LogP contribution in [-0.4, -0.2) is 23.1 Å². The summed E-state index contributed by atoms with van der Waals surface area (Å²) in [4.78, 5) is 22.9. The van der Waals surface area contributed by atoms with Gasteiger partial charge in [0, 0.05) is 6.54 Å². The zero-order valence-electron chi connectivity index (χ0n) is 12.2. The van der Waals surface area contributed by atoms with Gasteiger partial charge in [0.1, 0.15) is 5.75 Å². The normalized spacial score (nSPS) is 11.5. The highest BCUT2D eigenvalue weighted by Gasteiger charge is 2.15. The van der Waals surface area contributed by atoms with Crippen LogP contribution in [0.1, 0.15) is 22.8 Å². The maximum atomic E-state index is 12.0. The van der Waals surface area contributed by atoms with Crippen molar-refractivity contribution in [2.45, 2.75) is 19.6 Å². The lowest BCUT2D eigenvalue weighted by atomic mass is 10.2. The third-order valence-corrected chi connectivity index (χ3v) is 3.07. The van der Waals surface area contributed by atoms with Crippen molar-refractivity contribution in [3.63, 3.8) is 0 Å². The van der Waals surface area contributed by atoms with Gasteiger partial charge in [-0.2, -0.15) is 0 Å². The lowest BCUT2D eigenvalue weighted by Crippen LogP contribution is -2.35. The molecule has 0 bridgehead atoms. The number of hydrogen-bond donors (Lipinski definition) is 2. The van der Waals surface area contributed by atoms with Crippen LogP contribution < -0.4 is 10.1 Å². The monoisotopic (exact) mass is 299 g/mol.